The number of nitro groups is 1. The third-order valence-electron chi connectivity index (χ3n) is 4.27. The number of hydrogen-bond donors (Lipinski definition) is 1. The summed E-state index contributed by atoms with van der Waals surface area (Å²) < 4.78 is 5.95. The van der Waals surface area contributed by atoms with Gasteiger partial charge in [0, 0.05) is 17.7 Å². The molecule has 2 rings (SSSR count). The van der Waals surface area contributed by atoms with Crippen molar-refractivity contribution in [2.75, 3.05) is 0 Å². The van der Waals surface area contributed by atoms with Crippen LogP contribution in [-0.2, 0) is 6.61 Å². The van der Waals surface area contributed by atoms with Crippen molar-refractivity contribution in [2.45, 2.75) is 45.8 Å². The van der Waals surface area contributed by atoms with Gasteiger partial charge in [-0.3, -0.25) is 10.1 Å². The predicted octanol–water partition coefficient (Wildman–Crippen LogP) is 3.29. The van der Waals surface area contributed by atoms with Crippen molar-refractivity contribution in [1.82, 2.24) is 0 Å². The van der Waals surface area contributed by atoms with Gasteiger partial charge in [-0.05, 0) is 37.2 Å². The number of ether oxygens (including phenoxy) is 1. The van der Waals surface area contributed by atoms with Gasteiger partial charge in [0.15, 0.2) is 0 Å². The summed E-state index contributed by atoms with van der Waals surface area (Å²) in [6.45, 7) is 4.23. The Bertz CT molecular complexity index is 489. The number of hydrogen-bond acceptors (Lipinski definition) is 4. The lowest BCUT2D eigenvalue weighted by molar-refractivity contribution is -0.385. The highest BCUT2D eigenvalue weighted by Crippen LogP contribution is 2.33. The molecule has 0 amide bonds. The summed E-state index contributed by atoms with van der Waals surface area (Å²) in [5.41, 5.74) is 0.456. The summed E-state index contributed by atoms with van der Waals surface area (Å²) in [5, 5.41) is 20.1. The molecule has 1 saturated carbocycles. The van der Waals surface area contributed by atoms with E-state index in [4.69, 9.17) is 4.74 Å². The molecule has 110 valence electrons. The fourth-order valence-electron chi connectivity index (χ4n) is 2.70. The largest absolute Gasteiger partial charge is 0.490 e. The van der Waals surface area contributed by atoms with Crippen LogP contribution in [0.2, 0.25) is 0 Å². The van der Waals surface area contributed by atoms with Crippen molar-refractivity contribution in [3.8, 4) is 5.75 Å². The van der Waals surface area contributed by atoms with Gasteiger partial charge in [-0.15, -0.1) is 0 Å². The van der Waals surface area contributed by atoms with Crippen molar-refractivity contribution in [3.05, 3.63) is 33.9 Å². The molecule has 1 N–H and O–H groups in total. The molecule has 0 bridgehead atoms. The van der Waals surface area contributed by atoms with E-state index in [0.717, 1.165) is 19.3 Å². The zero-order valence-corrected chi connectivity index (χ0v) is 11.9. The molecule has 20 heavy (non-hydrogen) atoms. The number of rotatable bonds is 4. The minimum absolute atomic E-state index is 0.0213. The average Bonchev–Trinajstić information content (AvgIpc) is 2.43. The van der Waals surface area contributed by atoms with Crippen molar-refractivity contribution in [1.29, 1.82) is 0 Å². The number of nitrogens with zero attached hydrogens (tertiary/aromatic N) is 1. The van der Waals surface area contributed by atoms with Gasteiger partial charge >= 0.3 is 0 Å². The number of non-ortho nitro benzene ring substituents is 1. The first-order valence-electron chi connectivity index (χ1n) is 7.06. The number of aliphatic hydroxyl groups is 1. The van der Waals surface area contributed by atoms with E-state index >= 15 is 0 Å². The molecule has 5 heteroatoms. The summed E-state index contributed by atoms with van der Waals surface area (Å²) in [6.07, 6.45) is 3.25. The molecular weight excluding hydrogens is 258 g/mol. The van der Waals surface area contributed by atoms with Gasteiger partial charge < -0.3 is 9.84 Å². The van der Waals surface area contributed by atoms with Gasteiger partial charge in [0.05, 0.1) is 17.6 Å². The van der Waals surface area contributed by atoms with E-state index < -0.39 is 4.92 Å². The van der Waals surface area contributed by atoms with E-state index in [2.05, 4.69) is 13.8 Å². The van der Waals surface area contributed by atoms with Crippen LogP contribution in [0.1, 0.15) is 38.7 Å². The fraction of sp³-hybridized carbons (Fsp3) is 0.600. The van der Waals surface area contributed by atoms with E-state index in [-0.39, 0.29) is 18.4 Å². The molecular formula is C15H21NO4. The summed E-state index contributed by atoms with van der Waals surface area (Å²) in [4.78, 5) is 10.3. The topological polar surface area (TPSA) is 72.6 Å². The van der Waals surface area contributed by atoms with E-state index in [1.54, 1.807) is 6.07 Å². The quantitative estimate of drug-likeness (QED) is 0.678. The second-order valence-corrected chi connectivity index (χ2v) is 5.71. The SMILES string of the molecule is CC1CCC(Oc2ccc([N+](=O)[O-])cc2CO)CC1C. The molecule has 1 aliphatic rings. The maximum Gasteiger partial charge on any atom is 0.270 e. The van der Waals surface area contributed by atoms with Crippen molar-refractivity contribution < 1.29 is 14.8 Å². The fourth-order valence-corrected chi connectivity index (χ4v) is 2.70. The second-order valence-electron chi connectivity index (χ2n) is 5.71. The van der Waals surface area contributed by atoms with Gasteiger partial charge in [0.2, 0.25) is 0 Å². The molecule has 1 aliphatic carbocycles. The van der Waals surface area contributed by atoms with Crippen molar-refractivity contribution in [3.63, 3.8) is 0 Å². The van der Waals surface area contributed by atoms with Crippen molar-refractivity contribution in [2.24, 2.45) is 11.8 Å². The normalized spacial score (nSPS) is 26.2. The lowest BCUT2D eigenvalue weighted by atomic mass is 9.80. The van der Waals surface area contributed by atoms with E-state index in [0.29, 0.717) is 23.1 Å². The molecule has 0 saturated heterocycles. The van der Waals surface area contributed by atoms with E-state index in [1.165, 1.54) is 12.1 Å². The summed E-state index contributed by atoms with van der Waals surface area (Å²) in [7, 11) is 0. The Morgan fingerprint density at radius 2 is 2.10 bits per heavy atom. The lowest BCUT2D eigenvalue weighted by Gasteiger charge is -2.32. The highest BCUT2D eigenvalue weighted by atomic mass is 16.6. The monoisotopic (exact) mass is 279 g/mol. The van der Waals surface area contributed by atoms with Crippen molar-refractivity contribution >= 4 is 5.69 Å². The highest BCUT2D eigenvalue weighted by molar-refractivity contribution is 5.43. The van der Waals surface area contributed by atoms with Crippen LogP contribution in [0.15, 0.2) is 18.2 Å². The van der Waals surface area contributed by atoms with Gasteiger partial charge in [-0.25, -0.2) is 0 Å². The minimum atomic E-state index is -0.465. The first-order valence-corrected chi connectivity index (χ1v) is 7.06. The molecule has 1 fully saturated rings. The number of benzene rings is 1. The molecule has 5 nitrogen and oxygen atoms in total. The lowest BCUT2D eigenvalue weighted by Crippen LogP contribution is -2.29. The maximum absolute atomic E-state index is 10.7. The van der Waals surface area contributed by atoms with Gasteiger partial charge in [0.1, 0.15) is 5.75 Å². The van der Waals surface area contributed by atoms with Crippen LogP contribution < -0.4 is 4.74 Å². The molecule has 0 heterocycles. The second kappa shape index (κ2) is 6.22. The van der Waals surface area contributed by atoms with Gasteiger partial charge in [-0.1, -0.05) is 13.8 Å². The molecule has 3 unspecified atom stereocenters. The van der Waals surface area contributed by atoms with Crippen LogP contribution in [0, 0.1) is 22.0 Å². The summed E-state index contributed by atoms with van der Waals surface area (Å²) in [6, 6.07) is 4.39. The van der Waals surface area contributed by atoms with E-state index in [9.17, 15) is 15.2 Å². The Morgan fingerprint density at radius 3 is 2.70 bits per heavy atom. The molecule has 0 spiro atoms. The van der Waals surface area contributed by atoms with Crippen LogP contribution in [0.4, 0.5) is 5.69 Å². The van der Waals surface area contributed by atoms with E-state index in [1.807, 2.05) is 0 Å². The van der Waals surface area contributed by atoms with Crippen LogP contribution in [0.25, 0.3) is 0 Å². The van der Waals surface area contributed by atoms with Gasteiger partial charge in [0.25, 0.3) is 5.69 Å². The third-order valence-corrected chi connectivity index (χ3v) is 4.27. The maximum atomic E-state index is 10.7. The zero-order valence-electron chi connectivity index (χ0n) is 11.9. The molecule has 0 aromatic heterocycles. The first-order chi connectivity index (χ1) is 9.51. The molecule has 1 aromatic rings. The van der Waals surface area contributed by atoms with Gasteiger partial charge in [-0.2, -0.15) is 0 Å². The smallest absolute Gasteiger partial charge is 0.270 e. The standard InChI is InChI=1S/C15H21NO4/c1-10-3-5-14(7-11(10)2)20-15-6-4-13(16(18)19)8-12(15)9-17/h4,6,8,10-11,14,17H,3,5,7,9H2,1-2H3. The minimum Gasteiger partial charge on any atom is -0.490 e. The first kappa shape index (κ1) is 14.8. The zero-order chi connectivity index (χ0) is 14.7. The molecule has 0 radical (unpaired) electrons. The van der Waals surface area contributed by atoms with Crippen LogP contribution >= 0.6 is 0 Å². The van der Waals surface area contributed by atoms with Crippen LogP contribution in [0.3, 0.4) is 0 Å². The summed E-state index contributed by atoms with van der Waals surface area (Å²) in [5.74, 6) is 1.89. The summed E-state index contributed by atoms with van der Waals surface area (Å²) >= 11 is 0. The Labute approximate surface area is 118 Å². The number of aliphatic hydroxyl groups excluding tert-OH is 1. The predicted molar refractivity (Wildman–Crippen MR) is 75.6 cm³/mol. The Kier molecular flexibility index (Phi) is 4.60. The molecule has 1 aromatic carbocycles. The molecule has 3 atom stereocenters. The molecule has 0 aliphatic heterocycles. The Morgan fingerprint density at radius 1 is 1.35 bits per heavy atom. The Balaban J connectivity index is 2.11. The van der Waals surface area contributed by atoms with Crippen LogP contribution in [-0.4, -0.2) is 16.1 Å². The average molecular weight is 279 g/mol. The highest BCUT2D eigenvalue weighted by Gasteiger charge is 2.26. The Hall–Kier alpha value is -1.62. The van der Waals surface area contributed by atoms with Crippen LogP contribution in [0.5, 0.6) is 5.75 Å². The number of nitro benzene ring substituents is 1. The third kappa shape index (κ3) is 3.28.